The van der Waals surface area contributed by atoms with Crippen molar-refractivity contribution >= 4 is 0 Å². The van der Waals surface area contributed by atoms with E-state index in [1.165, 1.54) is 0 Å². The van der Waals surface area contributed by atoms with Crippen molar-refractivity contribution in [1.82, 2.24) is 0 Å². The van der Waals surface area contributed by atoms with Crippen LogP contribution in [0.5, 0.6) is 0 Å². The normalized spacial score (nSPS) is 17.8. The molecule has 0 aromatic carbocycles. The van der Waals surface area contributed by atoms with E-state index >= 15 is 0 Å². The van der Waals surface area contributed by atoms with Gasteiger partial charge in [0, 0.05) is 17.1 Å². The summed E-state index contributed by atoms with van der Waals surface area (Å²) in [4.78, 5) is 3.52. The minimum atomic E-state index is -1.52. The van der Waals surface area contributed by atoms with Gasteiger partial charge in [0.15, 0.2) is 0 Å². The number of aliphatic hydroxyl groups is 4. The molecule has 0 fully saturated rings. The summed E-state index contributed by atoms with van der Waals surface area (Å²) in [6.07, 6.45) is -4.37. The summed E-state index contributed by atoms with van der Waals surface area (Å²) in [7, 11) is 0. The number of hydrogen-bond acceptors (Lipinski definition) is 6. The third-order valence-corrected chi connectivity index (χ3v) is 1.22. The molecular formula is C5H12FeO6. The topological polar surface area (TPSA) is 110 Å². The van der Waals surface area contributed by atoms with Crippen molar-refractivity contribution in [3.63, 3.8) is 0 Å². The molecule has 0 aliphatic rings. The molecule has 0 saturated carbocycles. The molecule has 76 valence electrons. The summed E-state index contributed by atoms with van der Waals surface area (Å²) in [5.74, 6) is 0. The van der Waals surface area contributed by atoms with Crippen molar-refractivity contribution in [2.24, 2.45) is 0 Å². The SMILES string of the molecule is OC[C@@H](O)[C@H](O)[C@@H](O)COO.[Fe]. The van der Waals surface area contributed by atoms with Gasteiger partial charge in [0.2, 0.25) is 0 Å². The first-order valence-corrected chi connectivity index (χ1v) is 3.05. The molecule has 0 aromatic heterocycles. The van der Waals surface area contributed by atoms with Crippen molar-refractivity contribution < 1.29 is 47.6 Å². The van der Waals surface area contributed by atoms with Crippen LogP contribution in [0.3, 0.4) is 0 Å². The fourth-order valence-corrected chi connectivity index (χ4v) is 0.539. The summed E-state index contributed by atoms with van der Waals surface area (Å²) in [5, 5.41) is 42.5. The number of rotatable bonds is 5. The van der Waals surface area contributed by atoms with Crippen LogP contribution in [-0.2, 0) is 22.0 Å². The second kappa shape index (κ2) is 7.90. The molecule has 0 aliphatic carbocycles. The van der Waals surface area contributed by atoms with Gasteiger partial charge in [-0.3, -0.25) is 5.26 Å². The Labute approximate surface area is 79.8 Å². The van der Waals surface area contributed by atoms with Gasteiger partial charge < -0.3 is 20.4 Å². The van der Waals surface area contributed by atoms with Gasteiger partial charge in [0.25, 0.3) is 0 Å². The molecule has 0 unspecified atom stereocenters. The smallest absolute Gasteiger partial charge is 0.110 e. The van der Waals surface area contributed by atoms with Crippen LogP contribution in [-0.4, -0.2) is 57.2 Å². The van der Waals surface area contributed by atoms with E-state index in [-0.39, 0.29) is 17.1 Å². The van der Waals surface area contributed by atoms with Crippen LogP contribution in [0.25, 0.3) is 0 Å². The van der Waals surface area contributed by atoms with Gasteiger partial charge in [-0.05, 0) is 0 Å². The summed E-state index contributed by atoms with van der Waals surface area (Å²) < 4.78 is 0. The van der Waals surface area contributed by atoms with E-state index in [9.17, 15) is 0 Å². The average molecular weight is 224 g/mol. The fourth-order valence-electron chi connectivity index (χ4n) is 0.539. The van der Waals surface area contributed by atoms with Gasteiger partial charge >= 0.3 is 0 Å². The molecule has 5 N–H and O–H groups in total. The van der Waals surface area contributed by atoms with E-state index in [1.807, 2.05) is 0 Å². The van der Waals surface area contributed by atoms with E-state index in [2.05, 4.69) is 4.89 Å². The Morgan fingerprint density at radius 3 is 1.92 bits per heavy atom. The third-order valence-electron chi connectivity index (χ3n) is 1.22. The first-order valence-electron chi connectivity index (χ1n) is 3.05. The zero-order chi connectivity index (χ0) is 8.85. The van der Waals surface area contributed by atoms with E-state index in [1.54, 1.807) is 0 Å². The van der Waals surface area contributed by atoms with Crippen LogP contribution in [0.2, 0.25) is 0 Å². The van der Waals surface area contributed by atoms with Crippen LogP contribution in [0, 0.1) is 0 Å². The predicted molar refractivity (Wildman–Crippen MR) is 33.7 cm³/mol. The minimum absolute atomic E-state index is 0. The van der Waals surface area contributed by atoms with Crippen LogP contribution < -0.4 is 0 Å². The molecule has 12 heavy (non-hydrogen) atoms. The Bertz CT molecular complexity index is 102. The van der Waals surface area contributed by atoms with E-state index in [0.717, 1.165) is 0 Å². The second-order valence-electron chi connectivity index (χ2n) is 2.10. The molecule has 0 rings (SSSR count). The molecule has 0 radical (unpaired) electrons. The summed E-state index contributed by atoms with van der Waals surface area (Å²) in [6.45, 7) is -1.18. The Morgan fingerprint density at radius 2 is 1.58 bits per heavy atom. The van der Waals surface area contributed by atoms with Crippen molar-refractivity contribution in [3.05, 3.63) is 0 Å². The van der Waals surface area contributed by atoms with E-state index in [4.69, 9.17) is 25.7 Å². The zero-order valence-electron chi connectivity index (χ0n) is 6.14. The van der Waals surface area contributed by atoms with Crippen LogP contribution >= 0.6 is 0 Å². The van der Waals surface area contributed by atoms with Gasteiger partial charge in [-0.15, -0.1) is 0 Å². The fraction of sp³-hybridized carbons (Fsp3) is 1.00. The first-order chi connectivity index (χ1) is 5.13. The maximum Gasteiger partial charge on any atom is 0.110 e. The summed E-state index contributed by atoms with van der Waals surface area (Å²) in [6, 6.07) is 0. The van der Waals surface area contributed by atoms with Crippen LogP contribution in [0.4, 0.5) is 0 Å². The molecule has 0 aliphatic heterocycles. The Kier molecular flexibility index (Phi) is 9.74. The van der Waals surface area contributed by atoms with Crippen molar-refractivity contribution in [1.29, 1.82) is 0 Å². The van der Waals surface area contributed by atoms with Crippen molar-refractivity contribution in [3.8, 4) is 0 Å². The maximum atomic E-state index is 8.87. The summed E-state index contributed by atoms with van der Waals surface area (Å²) >= 11 is 0. The standard InChI is InChI=1S/C5H12O6.Fe/c6-1-3(7)5(9)4(8)2-11-10;/h3-10H,1-2H2;/t3-,4+,5+;/m1./s1. The molecule has 0 spiro atoms. The molecule has 0 aromatic rings. The molecule has 3 atom stereocenters. The van der Waals surface area contributed by atoms with Gasteiger partial charge in [-0.1, -0.05) is 0 Å². The number of aliphatic hydroxyl groups excluding tert-OH is 4. The van der Waals surface area contributed by atoms with Gasteiger partial charge in [-0.2, -0.15) is 0 Å². The molecular weight excluding hydrogens is 212 g/mol. The molecule has 0 heterocycles. The largest absolute Gasteiger partial charge is 0.394 e. The monoisotopic (exact) mass is 224 g/mol. The molecule has 7 heteroatoms. The summed E-state index contributed by atoms with van der Waals surface area (Å²) in [5.41, 5.74) is 0. The molecule has 0 saturated heterocycles. The molecule has 0 amide bonds. The Hall–Kier alpha value is 0.279. The van der Waals surface area contributed by atoms with Crippen LogP contribution in [0.15, 0.2) is 0 Å². The minimum Gasteiger partial charge on any atom is -0.394 e. The third kappa shape index (κ3) is 5.02. The molecule has 0 bridgehead atoms. The average Bonchev–Trinajstić information content (AvgIpc) is 2.02. The van der Waals surface area contributed by atoms with Gasteiger partial charge in [0.05, 0.1) is 6.61 Å². The van der Waals surface area contributed by atoms with Crippen molar-refractivity contribution in [2.75, 3.05) is 13.2 Å². The molecule has 6 nitrogen and oxygen atoms in total. The van der Waals surface area contributed by atoms with E-state index in [0.29, 0.717) is 0 Å². The zero-order valence-corrected chi connectivity index (χ0v) is 7.25. The first kappa shape index (κ1) is 14.8. The van der Waals surface area contributed by atoms with E-state index < -0.39 is 31.5 Å². The van der Waals surface area contributed by atoms with Crippen molar-refractivity contribution in [2.45, 2.75) is 18.3 Å². The second-order valence-corrected chi connectivity index (χ2v) is 2.10. The number of hydrogen-bond donors (Lipinski definition) is 5. The maximum absolute atomic E-state index is 8.87. The Morgan fingerprint density at radius 1 is 1.08 bits per heavy atom. The predicted octanol–water partition coefficient (Wildman–Crippen LogP) is -2.45. The Balaban J connectivity index is 0. The van der Waals surface area contributed by atoms with Gasteiger partial charge in [0.1, 0.15) is 24.9 Å². The van der Waals surface area contributed by atoms with Crippen LogP contribution in [0.1, 0.15) is 0 Å². The quantitative estimate of drug-likeness (QED) is 0.201. The van der Waals surface area contributed by atoms with Gasteiger partial charge in [-0.25, -0.2) is 4.89 Å².